The van der Waals surface area contributed by atoms with E-state index in [4.69, 9.17) is 19.4 Å². The third-order valence-corrected chi connectivity index (χ3v) is 8.62. The number of hydrogen-bond donors (Lipinski definition) is 1. The molecule has 1 aliphatic heterocycles. The molecule has 9 nitrogen and oxygen atoms in total. The molecule has 0 spiro atoms. The normalized spacial score (nSPS) is 21.7. The summed E-state index contributed by atoms with van der Waals surface area (Å²) in [5, 5.41) is 3.47. The number of morpholine rings is 1. The van der Waals surface area contributed by atoms with E-state index in [0.29, 0.717) is 79.5 Å². The van der Waals surface area contributed by atoms with Gasteiger partial charge in [0.1, 0.15) is 11.6 Å². The van der Waals surface area contributed by atoms with Gasteiger partial charge in [0.25, 0.3) is 6.43 Å². The lowest BCUT2D eigenvalue weighted by Crippen LogP contribution is -2.46. The first-order valence-electron chi connectivity index (χ1n) is 15.3. The van der Waals surface area contributed by atoms with E-state index in [2.05, 4.69) is 45.8 Å². The average Bonchev–Trinajstić information content (AvgIpc) is 3.41. The van der Waals surface area contributed by atoms with Crippen LogP contribution in [-0.2, 0) is 9.47 Å². The van der Waals surface area contributed by atoms with Gasteiger partial charge in [0.2, 0.25) is 5.95 Å². The van der Waals surface area contributed by atoms with Crippen LogP contribution in [0.15, 0.2) is 30.3 Å². The van der Waals surface area contributed by atoms with Gasteiger partial charge in [0.15, 0.2) is 5.82 Å². The highest BCUT2D eigenvalue weighted by Gasteiger charge is 2.29. The van der Waals surface area contributed by atoms with Gasteiger partial charge in [0.05, 0.1) is 43.4 Å². The number of hydrogen-bond acceptors (Lipinski definition) is 8. The molecule has 2 atom stereocenters. The van der Waals surface area contributed by atoms with Crippen molar-refractivity contribution < 1.29 is 18.3 Å². The number of halogens is 2. The third-order valence-electron chi connectivity index (χ3n) is 8.62. The van der Waals surface area contributed by atoms with Crippen molar-refractivity contribution in [1.82, 2.24) is 24.4 Å². The SMILES string of the molecule is CC#CCN(C(C)COC)[C@H]1CC[C@H](CNc2nc(N3CCOC[C@H]3C)cc(-n3c(C(F)F)nc4ccccc43)n2)CC1. The molecule has 2 aliphatic rings. The lowest BCUT2D eigenvalue weighted by atomic mass is 9.84. The summed E-state index contributed by atoms with van der Waals surface area (Å²) in [4.78, 5) is 18.5. The van der Waals surface area contributed by atoms with Crippen molar-refractivity contribution in [2.45, 2.75) is 71.0 Å². The number of alkyl halides is 2. The number of imidazole rings is 1. The Labute approximate surface area is 253 Å². The van der Waals surface area contributed by atoms with Crippen LogP contribution in [0.3, 0.4) is 0 Å². The number of aromatic nitrogens is 4. The highest BCUT2D eigenvalue weighted by Crippen LogP contribution is 2.31. The largest absolute Gasteiger partial charge is 0.383 e. The first-order chi connectivity index (χ1) is 20.9. The van der Waals surface area contributed by atoms with Crippen LogP contribution >= 0.6 is 0 Å². The molecular formula is C32H43F2N7O2. The summed E-state index contributed by atoms with van der Waals surface area (Å²) in [5.74, 6) is 7.89. The van der Waals surface area contributed by atoms with E-state index in [-0.39, 0.29) is 11.9 Å². The van der Waals surface area contributed by atoms with E-state index in [1.165, 1.54) is 4.57 Å². The first-order valence-corrected chi connectivity index (χ1v) is 15.3. The van der Waals surface area contributed by atoms with E-state index < -0.39 is 6.43 Å². The number of nitrogens with one attached hydrogen (secondary N) is 1. The predicted octanol–water partition coefficient (Wildman–Crippen LogP) is 5.31. The quantitative estimate of drug-likeness (QED) is 0.299. The maximum Gasteiger partial charge on any atom is 0.296 e. The lowest BCUT2D eigenvalue weighted by Gasteiger charge is -2.39. The fourth-order valence-corrected chi connectivity index (χ4v) is 6.33. The van der Waals surface area contributed by atoms with E-state index in [1.54, 1.807) is 31.4 Å². The minimum absolute atomic E-state index is 0.0922. The third kappa shape index (κ3) is 7.25. The van der Waals surface area contributed by atoms with Crippen molar-refractivity contribution >= 4 is 22.8 Å². The van der Waals surface area contributed by atoms with Gasteiger partial charge < -0.3 is 19.7 Å². The van der Waals surface area contributed by atoms with Crippen molar-refractivity contribution in [2.24, 2.45) is 5.92 Å². The second-order valence-electron chi connectivity index (χ2n) is 11.6. The molecule has 1 saturated heterocycles. The van der Waals surface area contributed by atoms with Gasteiger partial charge >= 0.3 is 0 Å². The number of benzene rings is 1. The number of para-hydroxylation sites is 2. The van der Waals surface area contributed by atoms with Crippen LogP contribution in [0, 0.1) is 17.8 Å². The summed E-state index contributed by atoms with van der Waals surface area (Å²) in [7, 11) is 1.74. The Balaban J connectivity index is 1.37. The molecule has 2 fully saturated rings. The first kappa shape index (κ1) is 31.1. The predicted molar refractivity (Wildman–Crippen MR) is 165 cm³/mol. The average molecular weight is 596 g/mol. The van der Waals surface area contributed by atoms with E-state index >= 15 is 0 Å². The standard InChI is InChI=1S/C32H43F2N7O2/c1-5-6-15-39(22(2)20-42-4)25-13-11-24(12-14-25)19-35-32-37-28(40-16-17-43-21-23(40)3)18-29(38-32)41-27-10-8-7-9-26(27)36-31(41)30(33)34/h7-10,18,22-25,30H,11-17,19-21H2,1-4H3,(H,35,37,38)/t22?,23-,24-,25-/m1/s1. The summed E-state index contributed by atoms with van der Waals surface area (Å²) in [5.41, 5.74) is 1.09. The fraction of sp³-hybridized carbons (Fsp3) is 0.594. The summed E-state index contributed by atoms with van der Waals surface area (Å²) in [6, 6.07) is 9.81. The van der Waals surface area contributed by atoms with Crippen LogP contribution in [0.25, 0.3) is 16.9 Å². The Hall–Kier alpha value is -3.33. The zero-order valence-corrected chi connectivity index (χ0v) is 25.6. The molecule has 3 aromatic rings. The van der Waals surface area contributed by atoms with Crippen LogP contribution < -0.4 is 10.2 Å². The van der Waals surface area contributed by atoms with E-state index in [9.17, 15) is 8.78 Å². The van der Waals surface area contributed by atoms with Crippen molar-refractivity contribution in [3.63, 3.8) is 0 Å². The van der Waals surface area contributed by atoms with Gasteiger partial charge in [-0.3, -0.25) is 9.47 Å². The van der Waals surface area contributed by atoms with Crippen molar-refractivity contribution in [3.05, 3.63) is 36.2 Å². The molecule has 5 rings (SSSR count). The monoisotopic (exact) mass is 595 g/mol. The summed E-state index contributed by atoms with van der Waals surface area (Å²) in [6.45, 7) is 10.1. The van der Waals surface area contributed by atoms with Crippen LogP contribution in [-0.4, -0.2) is 89.1 Å². The fourth-order valence-electron chi connectivity index (χ4n) is 6.33. The van der Waals surface area contributed by atoms with Gasteiger partial charge in [-0.2, -0.15) is 9.97 Å². The number of fused-ring (bicyclic) bond motifs is 1. The second-order valence-corrected chi connectivity index (χ2v) is 11.6. The summed E-state index contributed by atoms with van der Waals surface area (Å²) >= 11 is 0. The molecule has 1 N–H and O–H groups in total. The number of methoxy groups -OCH3 is 1. The number of ether oxygens (including phenoxy) is 2. The highest BCUT2D eigenvalue weighted by atomic mass is 19.3. The van der Waals surface area contributed by atoms with Gasteiger partial charge in [0, 0.05) is 38.3 Å². The Kier molecular flexibility index (Phi) is 10.4. The van der Waals surface area contributed by atoms with Gasteiger partial charge in [-0.1, -0.05) is 18.1 Å². The molecule has 3 heterocycles. The Morgan fingerprint density at radius 3 is 2.63 bits per heavy atom. The molecule has 11 heteroatoms. The molecule has 2 aromatic heterocycles. The van der Waals surface area contributed by atoms with Crippen molar-refractivity contribution in [3.8, 4) is 17.7 Å². The Morgan fingerprint density at radius 2 is 1.91 bits per heavy atom. The molecule has 232 valence electrons. The van der Waals surface area contributed by atoms with Crippen molar-refractivity contribution in [2.75, 3.05) is 56.8 Å². The molecule has 1 aliphatic carbocycles. The summed E-state index contributed by atoms with van der Waals surface area (Å²) in [6.07, 6.45) is 1.56. The smallest absolute Gasteiger partial charge is 0.296 e. The molecule has 1 aromatic carbocycles. The second kappa shape index (κ2) is 14.4. The molecule has 0 radical (unpaired) electrons. The lowest BCUT2D eigenvalue weighted by molar-refractivity contribution is 0.0598. The number of anilines is 2. The molecule has 1 saturated carbocycles. The van der Waals surface area contributed by atoms with Gasteiger partial charge in [-0.25, -0.2) is 13.8 Å². The topological polar surface area (TPSA) is 80.6 Å². The molecule has 43 heavy (non-hydrogen) atoms. The van der Waals surface area contributed by atoms with Crippen LogP contribution in [0.1, 0.15) is 58.7 Å². The molecule has 0 bridgehead atoms. The van der Waals surface area contributed by atoms with Crippen LogP contribution in [0.2, 0.25) is 0 Å². The van der Waals surface area contributed by atoms with E-state index in [1.807, 2.05) is 13.0 Å². The van der Waals surface area contributed by atoms with Crippen LogP contribution in [0.5, 0.6) is 0 Å². The number of nitrogens with zero attached hydrogens (tertiary/aromatic N) is 6. The Bertz CT molecular complexity index is 1410. The van der Waals surface area contributed by atoms with Crippen LogP contribution in [0.4, 0.5) is 20.5 Å². The number of rotatable bonds is 11. The molecule has 0 amide bonds. The summed E-state index contributed by atoms with van der Waals surface area (Å²) < 4.78 is 41.0. The zero-order chi connectivity index (χ0) is 30.3. The minimum Gasteiger partial charge on any atom is -0.383 e. The van der Waals surface area contributed by atoms with E-state index in [0.717, 1.165) is 32.2 Å². The Morgan fingerprint density at radius 1 is 1.14 bits per heavy atom. The van der Waals surface area contributed by atoms with Crippen molar-refractivity contribution in [1.29, 1.82) is 0 Å². The highest BCUT2D eigenvalue weighted by molar-refractivity contribution is 5.78. The van der Waals surface area contributed by atoms with Gasteiger partial charge in [-0.05, 0) is 64.5 Å². The molecular weight excluding hydrogens is 552 g/mol. The maximum atomic E-state index is 14.2. The minimum atomic E-state index is -2.76. The zero-order valence-electron chi connectivity index (χ0n) is 25.6. The van der Waals surface area contributed by atoms with Gasteiger partial charge in [-0.15, -0.1) is 5.92 Å². The maximum absolute atomic E-state index is 14.2. The molecule has 1 unspecified atom stereocenters.